The fourth-order valence-corrected chi connectivity index (χ4v) is 0.344. The maximum Gasteiger partial charge on any atom is 0.151 e. The fraction of sp³-hybridized carbons (Fsp3) is 0.500. The summed E-state index contributed by atoms with van der Waals surface area (Å²) in [7, 11) is 0. The van der Waals surface area contributed by atoms with Gasteiger partial charge in [-0.1, -0.05) is 23.7 Å². The van der Waals surface area contributed by atoms with Crippen LogP contribution in [0.4, 0.5) is 0 Å². The second kappa shape index (κ2) is 6.66. The minimum absolute atomic E-state index is 0.166. The number of rotatable bonds is 0. The molecule has 0 fully saturated rings. The van der Waals surface area contributed by atoms with Gasteiger partial charge in [0.1, 0.15) is 13.2 Å². The van der Waals surface area contributed by atoms with E-state index in [1.807, 2.05) is 0 Å². The molecule has 0 radical (unpaired) electrons. The Bertz CT molecular complexity index is 201. The quantitative estimate of drug-likeness (QED) is 0.308. The van der Waals surface area contributed by atoms with E-state index in [0.29, 0.717) is 0 Å². The smallest absolute Gasteiger partial charge is 0.151 e. The summed E-state index contributed by atoms with van der Waals surface area (Å²) < 4.78 is 0. The van der Waals surface area contributed by atoms with Crippen LogP contribution in [-0.4, -0.2) is 45.8 Å². The molecule has 2 unspecified atom stereocenters. The highest BCUT2D eigenvalue weighted by atomic mass is 16.3. The maximum atomic E-state index is 8.29. The molecule has 0 aromatic rings. The van der Waals surface area contributed by atoms with Crippen molar-refractivity contribution >= 4 is 0 Å². The first-order valence-corrected chi connectivity index (χ1v) is 3.27. The number of aliphatic hydroxyl groups excluding tert-OH is 4. The molecule has 0 heterocycles. The summed E-state index contributed by atoms with van der Waals surface area (Å²) >= 11 is 0. The molecule has 12 heavy (non-hydrogen) atoms. The summed E-state index contributed by atoms with van der Waals surface area (Å²) in [6.45, 7) is -0.332. The lowest BCUT2D eigenvalue weighted by Gasteiger charge is -2.11. The van der Waals surface area contributed by atoms with Crippen molar-refractivity contribution in [3.8, 4) is 23.7 Å². The molecule has 0 aromatic carbocycles. The topological polar surface area (TPSA) is 80.9 Å². The van der Waals surface area contributed by atoms with Gasteiger partial charge in [0.25, 0.3) is 0 Å². The van der Waals surface area contributed by atoms with Crippen LogP contribution < -0.4 is 0 Å². The van der Waals surface area contributed by atoms with Crippen molar-refractivity contribution < 1.29 is 20.4 Å². The Morgan fingerprint density at radius 2 is 1.25 bits per heavy atom. The first-order chi connectivity index (χ1) is 5.72. The lowest BCUT2D eigenvalue weighted by Crippen LogP contribution is -2.29. The second-order valence-corrected chi connectivity index (χ2v) is 1.85. The predicted octanol–water partition coefficient (Wildman–Crippen LogP) is -2.30. The van der Waals surface area contributed by atoms with Crippen molar-refractivity contribution in [2.75, 3.05) is 13.2 Å². The van der Waals surface area contributed by atoms with Gasteiger partial charge >= 0.3 is 0 Å². The molecule has 0 aliphatic heterocycles. The van der Waals surface area contributed by atoms with Crippen LogP contribution >= 0.6 is 0 Å². The van der Waals surface area contributed by atoms with Crippen molar-refractivity contribution in [1.29, 1.82) is 0 Å². The largest absolute Gasteiger partial charge is 0.384 e. The van der Waals surface area contributed by atoms with Gasteiger partial charge in [-0.3, -0.25) is 0 Å². The van der Waals surface area contributed by atoms with Gasteiger partial charge in [0.05, 0.1) is 0 Å². The van der Waals surface area contributed by atoms with Crippen molar-refractivity contribution in [3.05, 3.63) is 0 Å². The van der Waals surface area contributed by atoms with E-state index in [9.17, 15) is 0 Å². The average molecular weight is 170 g/mol. The van der Waals surface area contributed by atoms with Crippen LogP contribution in [0.2, 0.25) is 0 Å². The van der Waals surface area contributed by atoms with Crippen LogP contribution in [0.15, 0.2) is 0 Å². The summed E-state index contributed by atoms with van der Waals surface area (Å²) in [5.74, 6) is 9.13. The van der Waals surface area contributed by atoms with Crippen LogP contribution in [0.1, 0.15) is 0 Å². The summed E-state index contributed by atoms with van der Waals surface area (Å²) in [6.07, 6.45) is -1.55. The monoisotopic (exact) mass is 170 g/mol. The highest BCUT2D eigenvalue weighted by Gasteiger charge is 2.16. The molecule has 0 saturated heterocycles. The number of hydrogen-bond acceptors (Lipinski definition) is 4. The standard InChI is InChI=1S/C4H4O2.C4H6O2/c5-3-1-2-4(3)6;5-3-1-2-4-6/h3-6H;5-6H,3-4H2. The van der Waals surface area contributed by atoms with E-state index in [2.05, 4.69) is 23.7 Å². The molecule has 0 amide bonds. The molecule has 1 rings (SSSR count). The molecule has 4 nitrogen and oxygen atoms in total. The number of aliphatic hydroxyl groups is 4. The van der Waals surface area contributed by atoms with Gasteiger partial charge < -0.3 is 20.4 Å². The molecule has 0 spiro atoms. The Hall–Kier alpha value is -1.04. The summed E-state index contributed by atoms with van der Waals surface area (Å²) in [5.41, 5.74) is 0. The van der Waals surface area contributed by atoms with Gasteiger partial charge in [0.15, 0.2) is 12.2 Å². The van der Waals surface area contributed by atoms with Gasteiger partial charge in [0.2, 0.25) is 0 Å². The molecule has 0 saturated carbocycles. The summed E-state index contributed by atoms with van der Waals surface area (Å²) in [4.78, 5) is 0. The van der Waals surface area contributed by atoms with E-state index in [0.717, 1.165) is 0 Å². The SMILES string of the molecule is OC1C#CC1O.OCC#CCO. The minimum atomic E-state index is -0.773. The molecule has 0 aromatic heterocycles. The van der Waals surface area contributed by atoms with Gasteiger partial charge in [-0.2, -0.15) is 0 Å². The first kappa shape index (κ1) is 11.0. The van der Waals surface area contributed by atoms with Crippen molar-refractivity contribution in [1.82, 2.24) is 0 Å². The second-order valence-electron chi connectivity index (χ2n) is 1.85. The number of hydrogen-bond donors (Lipinski definition) is 4. The molecule has 1 aliphatic carbocycles. The van der Waals surface area contributed by atoms with E-state index >= 15 is 0 Å². The van der Waals surface area contributed by atoms with Crippen molar-refractivity contribution in [3.63, 3.8) is 0 Å². The van der Waals surface area contributed by atoms with Crippen molar-refractivity contribution in [2.45, 2.75) is 12.2 Å². The molecule has 4 N–H and O–H groups in total. The van der Waals surface area contributed by atoms with E-state index in [4.69, 9.17) is 20.4 Å². The molecule has 66 valence electrons. The lowest BCUT2D eigenvalue weighted by molar-refractivity contribution is 0.0795. The molecule has 0 bridgehead atoms. The van der Waals surface area contributed by atoms with Gasteiger partial charge in [-0.05, 0) is 0 Å². The highest BCUT2D eigenvalue weighted by molar-refractivity contribution is 5.24. The minimum Gasteiger partial charge on any atom is -0.384 e. The zero-order valence-electron chi connectivity index (χ0n) is 6.36. The Kier molecular flexibility index (Phi) is 6.08. The van der Waals surface area contributed by atoms with Crippen LogP contribution in [0, 0.1) is 23.7 Å². The van der Waals surface area contributed by atoms with Crippen LogP contribution in [0.5, 0.6) is 0 Å². The zero-order valence-corrected chi connectivity index (χ0v) is 6.36. The normalized spacial score (nSPS) is 23.0. The molecular formula is C8H10O4. The van der Waals surface area contributed by atoms with E-state index in [1.165, 1.54) is 0 Å². The fourth-order valence-electron chi connectivity index (χ4n) is 0.344. The lowest BCUT2D eigenvalue weighted by atomic mass is 10.1. The highest BCUT2D eigenvalue weighted by Crippen LogP contribution is 1.96. The Labute approximate surface area is 70.5 Å². The molecule has 4 heteroatoms. The summed E-state index contributed by atoms with van der Waals surface area (Å²) in [6, 6.07) is 0. The third-order valence-corrected chi connectivity index (χ3v) is 0.961. The third kappa shape index (κ3) is 4.73. The van der Waals surface area contributed by atoms with E-state index in [1.54, 1.807) is 0 Å². The van der Waals surface area contributed by atoms with Crippen molar-refractivity contribution in [2.24, 2.45) is 0 Å². The first-order valence-electron chi connectivity index (χ1n) is 3.27. The third-order valence-electron chi connectivity index (χ3n) is 0.961. The van der Waals surface area contributed by atoms with Gasteiger partial charge in [-0.15, -0.1) is 0 Å². The Balaban J connectivity index is 0.000000202. The maximum absolute atomic E-state index is 8.29. The van der Waals surface area contributed by atoms with Crippen LogP contribution in [0.3, 0.4) is 0 Å². The van der Waals surface area contributed by atoms with E-state index < -0.39 is 12.2 Å². The Morgan fingerprint density at radius 3 is 1.33 bits per heavy atom. The molecular weight excluding hydrogens is 160 g/mol. The summed E-state index contributed by atoms with van der Waals surface area (Å²) in [5, 5.41) is 32.4. The zero-order chi connectivity index (χ0) is 9.40. The molecule has 2 atom stereocenters. The van der Waals surface area contributed by atoms with Gasteiger partial charge in [-0.25, -0.2) is 0 Å². The van der Waals surface area contributed by atoms with Crippen LogP contribution in [0.25, 0.3) is 0 Å². The predicted molar refractivity (Wildman–Crippen MR) is 41.7 cm³/mol. The Morgan fingerprint density at radius 1 is 0.917 bits per heavy atom. The average Bonchev–Trinajstić information content (AvgIpc) is 2.12. The van der Waals surface area contributed by atoms with E-state index in [-0.39, 0.29) is 13.2 Å². The van der Waals surface area contributed by atoms with Gasteiger partial charge in [0, 0.05) is 0 Å². The molecule has 1 aliphatic rings. The van der Waals surface area contributed by atoms with Crippen LogP contribution in [-0.2, 0) is 0 Å².